The number of benzene rings is 1. The van der Waals surface area contributed by atoms with Gasteiger partial charge in [0, 0.05) is 5.56 Å². The minimum atomic E-state index is -3.04. The van der Waals surface area contributed by atoms with Crippen LogP contribution in [0.2, 0.25) is 10.0 Å². The summed E-state index contributed by atoms with van der Waals surface area (Å²) in [4.78, 5) is 10.7. The van der Waals surface area contributed by atoms with Crippen molar-refractivity contribution in [2.45, 2.75) is 6.61 Å². The normalized spacial score (nSPS) is 10.5. The van der Waals surface area contributed by atoms with Crippen LogP contribution >= 0.6 is 34.8 Å². The highest BCUT2D eigenvalue weighted by atomic mass is 35.5. The third-order valence-corrected chi connectivity index (χ3v) is 2.21. The molecule has 0 aliphatic carbocycles. The van der Waals surface area contributed by atoms with E-state index in [1.807, 2.05) is 0 Å². The van der Waals surface area contributed by atoms with Crippen LogP contribution in [0.1, 0.15) is 10.4 Å². The Labute approximate surface area is 98.7 Å². The molecule has 0 bridgehead atoms. The van der Waals surface area contributed by atoms with Crippen molar-refractivity contribution < 1.29 is 18.3 Å². The van der Waals surface area contributed by atoms with Crippen molar-refractivity contribution in [2.75, 3.05) is 0 Å². The zero-order chi connectivity index (χ0) is 11.6. The summed E-state index contributed by atoms with van der Waals surface area (Å²) in [7, 11) is 0. The lowest BCUT2D eigenvalue weighted by Gasteiger charge is -2.09. The average molecular weight is 275 g/mol. The van der Waals surface area contributed by atoms with E-state index in [0.717, 1.165) is 12.1 Å². The Morgan fingerprint density at radius 3 is 2.07 bits per heavy atom. The molecule has 0 fully saturated rings. The Kier molecular flexibility index (Phi) is 4.13. The molecule has 0 saturated heterocycles. The molecule has 82 valence electrons. The molecule has 1 aromatic carbocycles. The fraction of sp³-hybridized carbons (Fsp3) is 0.125. The van der Waals surface area contributed by atoms with Gasteiger partial charge in [0.1, 0.15) is 0 Å². The average Bonchev–Trinajstić information content (AvgIpc) is 2.10. The van der Waals surface area contributed by atoms with Crippen molar-refractivity contribution in [3.8, 4) is 5.75 Å². The van der Waals surface area contributed by atoms with Crippen molar-refractivity contribution in [3.63, 3.8) is 0 Å². The molecular weight excluding hydrogens is 272 g/mol. The van der Waals surface area contributed by atoms with Gasteiger partial charge in [-0.2, -0.15) is 8.78 Å². The number of halogens is 5. The van der Waals surface area contributed by atoms with Crippen LogP contribution in [0.4, 0.5) is 8.78 Å². The van der Waals surface area contributed by atoms with Gasteiger partial charge >= 0.3 is 6.61 Å². The standard InChI is InChI=1S/C8H3Cl3F2O2/c9-4-1-3(7(11)14)2-5(10)6(4)15-8(12)13/h1-2,8H. The van der Waals surface area contributed by atoms with Gasteiger partial charge in [0.15, 0.2) is 5.75 Å². The maximum absolute atomic E-state index is 11.9. The lowest BCUT2D eigenvalue weighted by Crippen LogP contribution is -2.03. The first-order valence-corrected chi connectivity index (χ1v) is 4.69. The van der Waals surface area contributed by atoms with E-state index in [2.05, 4.69) is 4.74 Å². The summed E-state index contributed by atoms with van der Waals surface area (Å²) in [5.41, 5.74) is 0.00767. The van der Waals surface area contributed by atoms with Gasteiger partial charge in [0.25, 0.3) is 5.24 Å². The summed E-state index contributed by atoms with van der Waals surface area (Å²) in [6, 6.07) is 2.20. The second-order valence-electron chi connectivity index (χ2n) is 2.42. The van der Waals surface area contributed by atoms with Crippen LogP contribution in [0, 0.1) is 0 Å². The summed E-state index contributed by atoms with van der Waals surface area (Å²) < 4.78 is 27.9. The molecular formula is C8H3Cl3F2O2. The lowest BCUT2D eigenvalue weighted by molar-refractivity contribution is -0.0497. The molecule has 0 atom stereocenters. The first-order valence-electron chi connectivity index (χ1n) is 3.55. The molecule has 2 nitrogen and oxygen atoms in total. The summed E-state index contributed by atoms with van der Waals surface area (Å²) in [5.74, 6) is -0.380. The van der Waals surface area contributed by atoms with Gasteiger partial charge in [-0.3, -0.25) is 4.79 Å². The third-order valence-electron chi connectivity index (χ3n) is 1.43. The largest absolute Gasteiger partial charge is 0.432 e. The topological polar surface area (TPSA) is 26.3 Å². The molecule has 0 heterocycles. The first kappa shape index (κ1) is 12.5. The van der Waals surface area contributed by atoms with E-state index in [4.69, 9.17) is 34.8 Å². The number of alkyl halides is 2. The minimum Gasteiger partial charge on any atom is -0.432 e. The maximum atomic E-state index is 11.9. The molecule has 0 saturated carbocycles. The van der Waals surface area contributed by atoms with Gasteiger partial charge in [-0.15, -0.1) is 0 Å². The molecule has 7 heteroatoms. The second kappa shape index (κ2) is 4.96. The number of carbonyl (C=O) groups excluding carboxylic acids is 1. The number of hydrogen-bond donors (Lipinski definition) is 0. The van der Waals surface area contributed by atoms with E-state index < -0.39 is 11.9 Å². The highest BCUT2D eigenvalue weighted by Crippen LogP contribution is 2.35. The van der Waals surface area contributed by atoms with Gasteiger partial charge in [0.2, 0.25) is 0 Å². The van der Waals surface area contributed by atoms with Crippen LogP contribution in [-0.4, -0.2) is 11.9 Å². The van der Waals surface area contributed by atoms with E-state index in [-0.39, 0.29) is 21.4 Å². The zero-order valence-electron chi connectivity index (χ0n) is 6.94. The smallest absolute Gasteiger partial charge is 0.387 e. The molecule has 0 radical (unpaired) electrons. The van der Waals surface area contributed by atoms with E-state index in [9.17, 15) is 13.6 Å². The predicted molar refractivity (Wildman–Crippen MR) is 53.3 cm³/mol. The molecule has 1 aromatic rings. The Bertz CT molecular complexity index is 372. The maximum Gasteiger partial charge on any atom is 0.387 e. The Morgan fingerprint density at radius 2 is 1.73 bits per heavy atom. The van der Waals surface area contributed by atoms with Crippen LogP contribution in [0.3, 0.4) is 0 Å². The first-order chi connectivity index (χ1) is 6.91. The second-order valence-corrected chi connectivity index (χ2v) is 3.58. The SMILES string of the molecule is O=C(Cl)c1cc(Cl)c(OC(F)F)c(Cl)c1. The number of carbonyl (C=O) groups is 1. The van der Waals surface area contributed by atoms with Gasteiger partial charge in [-0.05, 0) is 23.7 Å². The molecule has 0 N–H and O–H groups in total. The summed E-state index contributed by atoms with van der Waals surface area (Å²) in [5, 5.41) is -1.19. The van der Waals surface area contributed by atoms with Crippen LogP contribution in [0.25, 0.3) is 0 Å². The monoisotopic (exact) mass is 274 g/mol. The number of ether oxygens (including phenoxy) is 1. The van der Waals surface area contributed by atoms with Crippen molar-refractivity contribution in [1.82, 2.24) is 0 Å². The highest BCUT2D eigenvalue weighted by Gasteiger charge is 2.16. The van der Waals surface area contributed by atoms with E-state index in [1.165, 1.54) is 0 Å². The molecule has 0 aromatic heterocycles. The quantitative estimate of drug-likeness (QED) is 0.780. The van der Waals surface area contributed by atoms with E-state index in [0.29, 0.717) is 0 Å². The number of rotatable bonds is 3. The molecule has 0 spiro atoms. The van der Waals surface area contributed by atoms with E-state index >= 15 is 0 Å². The fourth-order valence-corrected chi connectivity index (χ4v) is 1.56. The van der Waals surface area contributed by atoms with Crippen LogP contribution in [-0.2, 0) is 0 Å². The highest BCUT2D eigenvalue weighted by molar-refractivity contribution is 6.68. The summed E-state index contributed by atoms with van der Waals surface area (Å²) in [6.07, 6.45) is 0. The van der Waals surface area contributed by atoms with Crippen LogP contribution in [0.15, 0.2) is 12.1 Å². The molecule has 0 aliphatic rings. The Balaban J connectivity index is 3.15. The molecule has 0 unspecified atom stereocenters. The Morgan fingerprint density at radius 1 is 1.27 bits per heavy atom. The van der Waals surface area contributed by atoms with E-state index in [1.54, 1.807) is 0 Å². The number of hydrogen-bond acceptors (Lipinski definition) is 2. The zero-order valence-corrected chi connectivity index (χ0v) is 9.21. The van der Waals surface area contributed by atoms with Gasteiger partial charge < -0.3 is 4.74 Å². The van der Waals surface area contributed by atoms with Crippen molar-refractivity contribution >= 4 is 40.0 Å². The van der Waals surface area contributed by atoms with Crippen molar-refractivity contribution in [1.29, 1.82) is 0 Å². The van der Waals surface area contributed by atoms with Crippen LogP contribution in [0.5, 0.6) is 5.75 Å². The van der Waals surface area contributed by atoms with Gasteiger partial charge in [-0.25, -0.2) is 0 Å². The van der Waals surface area contributed by atoms with Gasteiger partial charge in [-0.1, -0.05) is 23.2 Å². The molecule has 0 aliphatic heterocycles. The molecule has 15 heavy (non-hydrogen) atoms. The molecule has 1 rings (SSSR count). The minimum absolute atomic E-state index is 0.00767. The third kappa shape index (κ3) is 3.19. The van der Waals surface area contributed by atoms with Gasteiger partial charge in [0.05, 0.1) is 10.0 Å². The molecule has 0 amide bonds. The summed E-state index contributed by atoms with van der Waals surface area (Å²) in [6.45, 7) is -3.04. The van der Waals surface area contributed by atoms with Crippen molar-refractivity contribution in [2.24, 2.45) is 0 Å². The predicted octanol–water partition coefficient (Wildman–Crippen LogP) is 3.97. The summed E-state index contributed by atoms with van der Waals surface area (Å²) >= 11 is 16.3. The lowest BCUT2D eigenvalue weighted by atomic mass is 10.2. The Hall–Kier alpha value is -0.580. The fourth-order valence-electron chi connectivity index (χ4n) is 0.875. The van der Waals surface area contributed by atoms with Crippen LogP contribution < -0.4 is 4.74 Å². The van der Waals surface area contributed by atoms with Crippen molar-refractivity contribution in [3.05, 3.63) is 27.7 Å².